The number of carbonyl (C=O) groups excluding carboxylic acids is 2. The quantitative estimate of drug-likeness (QED) is 0.499. The first-order chi connectivity index (χ1) is 14.1. The molecule has 0 saturated carbocycles. The molecule has 1 N–H and O–H groups in total. The molecule has 0 aliphatic carbocycles. The molecule has 2 amide bonds. The number of aliphatic carboxylic acids is 1. The highest BCUT2D eigenvalue weighted by Crippen LogP contribution is 2.36. The predicted octanol–water partition coefficient (Wildman–Crippen LogP) is 5.01. The van der Waals surface area contributed by atoms with Crippen LogP contribution in [0.3, 0.4) is 0 Å². The Morgan fingerprint density at radius 1 is 1.20 bits per heavy atom. The standard InChI is InChI=1S/C19H13F4NO5S/c20-13-5-3-10(8-12(13)19(21,22)23)14-6-4-11(29-14)9-15-17(27)24(18(28)30-15)7-1-2-16(25)26/h3-6,8-9H,1-2,7H2,(H,25,26)/b15-9+. The van der Waals surface area contributed by atoms with Crippen LogP contribution in [0.1, 0.15) is 24.2 Å². The molecule has 6 nitrogen and oxygen atoms in total. The molecular formula is C19H13F4NO5S. The number of amides is 2. The molecule has 0 unspecified atom stereocenters. The number of hydrogen-bond donors (Lipinski definition) is 1. The Labute approximate surface area is 171 Å². The van der Waals surface area contributed by atoms with Crippen LogP contribution in [0.2, 0.25) is 0 Å². The van der Waals surface area contributed by atoms with Crippen LogP contribution < -0.4 is 0 Å². The number of imide groups is 1. The molecule has 30 heavy (non-hydrogen) atoms. The van der Waals surface area contributed by atoms with Gasteiger partial charge in [0, 0.05) is 24.6 Å². The minimum Gasteiger partial charge on any atom is -0.481 e. The van der Waals surface area contributed by atoms with Crippen LogP contribution in [0.25, 0.3) is 17.4 Å². The van der Waals surface area contributed by atoms with E-state index in [1.807, 2.05) is 0 Å². The zero-order valence-corrected chi connectivity index (χ0v) is 15.8. The van der Waals surface area contributed by atoms with E-state index in [9.17, 15) is 31.9 Å². The lowest BCUT2D eigenvalue weighted by Crippen LogP contribution is -2.29. The van der Waals surface area contributed by atoms with Gasteiger partial charge >= 0.3 is 12.1 Å². The topological polar surface area (TPSA) is 87.8 Å². The van der Waals surface area contributed by atoms with E-state index in [-0.39, 0.29) is 41.4 Å². The molecule has 3 rings (SSSR count). The molecule has 158 valence electrons. The van der Waals surface area contributed by atoms with Crippen molar-refractivity contribution in [1.82, 2.24) is 4.90 Å². The van der Waals surface area contributed by atoms with E-state index < -0.39 is 34.7 Å². The number of thioether (sulfide) groups is 1. The lowest BCUT2D eigenvalue weighted by atomic mass is 10.1. The minimum atomic E-state index is -4.87. The lowest BCUT2D eigenvalue weighted by Gasteiger charge is -2.10. The maximum atomic E-state index is 13.4. The van der Waals surface area contributed by atoms with Gasteiger partial charge in [0.25, 0.3) is 11.1 Å². The van der Waals surface area contributed by atoms with Crippen LogP contribution >= 0.6 is 11.8 Å². The molecular weight excluding hydrogens is 430 g/mol. The zero-order chi connectivity index (χ0) is 22.1. The molecule has 1 aliphatic heterocycles. The van der Waals surface area contributed by atoms with Crippen LogP contribution in [0.5, 0.6) is 0 Å². The zero-order valence-electron chi connectivity index (χ0n) is 15.0. The van der Waals surface area contributed by atoms with E-state index in [1.54, 1.807) is 0 Å². The van der Waals surface area contributed by atoms with Crippen molar-refractivity contribution >= 4 is 35.0 Å². The van der Waals surface area contributed by atoms with E-state index in [1.165, 1.54) is 18.2 Å². The van der Waals surface area contributed by atoms with Crippen LogP contribution in [0, 0.1) is 5.82 Å². The second-order valence-electron chi connectivity index (χ2n) is 6.23. The van der Waals surface area contributed by atoms with Gasteiger partial charge in [-0.1, -0.05) is 0 Å². The second-order valence-corrected chi connectivity index (χ2v) is 7.22. The van der Waals surface area contributed by atoms with Gasteiger partial charge < -0.3 is 9.52 Å². The van der Waals surface area contributed by atoms with E-state index in [0.717, 1.165) is 11.0 Å². The average Bonchev–Trinajstić information content (AvgIpc) is 3.21. The maximum absolute atomic E-state index is 13.4. The molecule has 0 spiro atoms. The van der Waals surface area contributed by atoms with Gasteiger partial charge in [-0.2, -0.15) is 13.2 Å². The summed E-state index contributed by atoms with van der Waals surface area (Å²) in [4.78, 5) is 35.8. The summed E-state index contributed by atoms with van der Waals surface area (Å²) in [6.07, 6.45) is -3.69. The Balaban J connectivity index is 1.79. The summed E-state index contributed by atoms with van der Waals surface area (Å²) >= 11 is 0.641. The van der Waals surface area contributed by atoms with Crippen molar-refractivity contribution in [3.63, 3.8) is 0 Å². The second kappa shape index (κ2) is 8.34. The normalized spacial score (nSPS) is 16.0. The molecule has 2 aromatic rings. The third-order valence-corrected chi connectivity index (χ3v) is 5.01. The molecule has 11 heteroatoms. The fraction of sp³-hybridized carbons (Fsp3) is 0.211. The molecule has 0 bridgehead atoms. The molecule has 1 aromatic heterocycles. The highest BCUT2D eigenvalue weighted by Gasteiger charge is 2.35. The number of nitrogens with zero attached hydrogens (tertiary/aromatic N) is 1. The lowest BCUT2D eigenvalue weighted by molar-refractivity contribution is -0.140. The first-order valence-electron chi connectivity index (χ1n) is 8.50. The molecule has 2 heterocycles. The van der Waals surface area contributed by atoms with Crippen molar-refractivity contribution < 1.29 is 41.5 Å². The number of furan rings is 1. The van der Waals surface area contributed by atoms with Crippen molar-refractivity contribution in [2.24, 2.45) is 0 Å². The monoisotopic (exact) mass is 443 g/mol. The summed E-state index contributed by atoms with van der Waals surface area (Å²) in [5.74, 6) is -2.94. The van der Waals surface area contributed by atoms with Crippen LogP contribution in [-0.2, 0) is 15.8 Å². The number of benzene rings is 1. The first-order valence-corrected chi connectivity index (χ1v) is 9.32. The number of alkyl halides is 3. The average molecular weight is 443 g/mol. The summed E-state index contributed by atoms with van der Waals surface area (Å²) in [5, 5.41) is 8.08. The van der Waals surface area contributed by atoms with Gasteiger partial charge in [0.1, 0.15) is 17.3 Å². The highest BCUT2D eigenvalue weighted by molar-refractivity contribution is 8.18. The van der Waals surface area contributed by atoms with Crippen LogP contribution in [-0.4, -0.2) is 33.7 Å². The number of hydrogen-bond acceptors (Lipinski definition) is 5. The summed E-state index contributed by atoms with van der Waals surface area (Å²) in [6.45, 7) is -0.0481. The number of halogens is 4. The SMILES string of the molecule is O=C(O)CCCN1C(=O)S/C(=C/c2ccc(-c3ccc(F)c(C(F)(F)F)c3)o2)C1=O. The number of carboxylic acid groups (broad SMARTS) is 1. The van der Waals surface area contributed by atoms with Crippen molar-refractivity contribution in [2.75, 3.05) is 6.54 Å². The molecule has 0 radical (unpaired) electrons. The predicted molar refractivity (Wildman–Crippen MR) is 98.7 cm³/mol. The van der Waals surface area contributed by atoms with Gasteiger partial charge in [-0.25, -0.2) is 4.39 Å². The highest BCUT2D eigenvalue weighted by atomic mass is 32.2. The van der Waals surface area contributed by atoms with Gasteiger partial charge in [0.2, 0.25) is 0 Å². The van der Waals surface area contributed by atoms with E-state index in [4.69, 9.17) is 9.52 Å². The minimum absolute atomic E-state index is 0.00912. The Morgan fingerprint density at radius 3 is 2.60 bits per heavy atom. The summed E-state index contributed by atoms with van der Waals surface area (Å²) in [5.41, 5.74) is -1.44. The molecule has 1 saturated heterocycles. The summed E-state index contributed by atoms with van der Waals surface area (Å²) < 4.78 is 57.5. The molecule has 0 atom stereocenters. The van der Waals surface area contributed by atoms with Crippen molar-refractivity contribution in [3.8, 4) is 11.3 Å². The maximum Gasteiger partial charge on any atom is 0.419 e. The number of rotatable bonds is 6. The fourth-order valence-electron chi connectivity index (χ4n) is 2.69. The molecule has 1 fully saturated rings. The van der Waals surface area contributed by atoms with Crippen LogP contribution in [0.4, 0.5) is 22.4 Å². The van der Waals surface area contributed by atoms with Gasteiger partial charge in [-0.05, 0) is 48.5 Å². The Morgan fingerprint density at radius 2 is 1.93 bits per heavy atom. The van der Waals surface area contributed by atoms with Gasteiger partial charge in [0.15, 0.2) is 0 Å². The Kier molecular flexibility index (Phi) is 6.01. The number of carboxylic acids is 1. The van der Waals surface area contributed by atoms with Crippen molar-refractivity contribution in [2.45, 2.75) is 19.0 Å². The van der Waals surface area contributed by atoms with Gasteiger partial charge in [0.05, 0.1) is 10.5 Å². The van der Waals surface area contributed by atoms with E-state index in [0.29, 0.717) is 23.9 Å². The third-order valence-electron chi connectivity index (χ3n) is 4.10. The van der Waals surface area contributed by atoms with Gasteiger partial charge in [-0.3, -0.25) is 19.3 Å². The summed E-state index contributed by atoms with van der Waals surface area (Å²) in [7, 11) is 0. The smallest absolute Gasteiger partial charge is 0.419 e. The Hall–Kier alpha value is -3.08. The van der Waals surface area contributed by atoms with Crippen molar-refractivity contribution in [3.05, 3.63) is 52.4 Å². The Bertz CT molecular complexity index is 1040. The number of carbonyl (C=O) groups is 3. The van der Waals surface area contributed by atoms with Crippen LogP contribution in [0.15, 0.2) is 39.7 Å². The van der Waals surface area contributed by atoms with Gasteiger partial charge in [-0.15, -0.1) is 0 Å². The molecule has 1 aromatic carbocycles. The summed E-state index contributed by atoms with van der Waals surface area (Å²) in [6, 6.07) is 5.18. The van der Waals surface area contributed by atoms with E-state index >= 15 is 0 Å². The largest absolute Gasteiger partial charge is 0.481 e. The first kappa shape index (κ1) is 21.6. The fourth-order valence-corrected chi connectivity index (χ4v) is 3.54. The van der Waals surface area contributed by atoms with Crippen molar-refractivity contribution in [1.29, 1.82) is 0 Å². The third kappa shape index (κ3) is 4.73. The van der Waals surface area contributed by atoms with E-state index in [2.05, 4.69) is 0 Å². The molecule has 1 aliphatic rings.